The zero-order valence-electron chi connectivity index (χ0n) is 12.4. The molecule has 0 spiro atoms. The van der Waals surface area contributed by atoms with Crippen LogP contribution in [0.1, 0.15) is 25.3 Å². The number of rotatable bonds is 7. The van der Waals surface area contributed by atoms with Gasteiger partial charge in [0.25, 0.3) is 0 Å². The molecule has 1 rings (SSSR count). The molecule has 6 nitrogen and oxygen atoms in total. The zero-order valence-corrected chi connectivity index (χ0v) is 12.4. The highest BCUT2D eigenvalue weighted by atomic mass is 16.5. The predicted octanol–water partition coefficient (Wildman–Crippen LogP) is 2.08. The van der Waals surface area contributed by atoms with Crippen molar-refractivity contribution in [3.8, 4) is 0 Å². The number of esters is 1. The SMILES string of the molecule is CCCCOC(=O)Nc1cccc(CC(N)C(=O)OC)c1. The number of anilines is 1. The maximum atomic E-state index is 11.5. The Labute approximate surface area is 124 Å². The van der Waals surface area contributed by atoms with E-state index in [9.17, 15) is 9.59 Å². The van der Waals surface area contributed by atoms with Crippen LogP contribution in [-0.4, -0.2) is 31.8 Å². The van der Waals surface area contributed by atoms with Crippen molar-refractivity contribution in [1.29, 1.82) is 0 Å². The standard InChI is InChI=1S/C15H22N2O4/c1-3-4-8-21-15(19)17-12-7-5-6-11(9-12)10-13(16)14(18)20-2/h5-7,9,13H,3-4,8,10,16H2,1-2H3,(H,17,19). The van der Waals surface area contributed by atoms with E-state index < -0.39 is 18.1 Å². The third-order valence-electron chi connectivity index (χ3n) is 2.86. The van der Waals surface area contributed by atoms with Gasteiger partial charge >= 0.3 is 12.1 Å². The molecule has 0 aliphatic rings. The molecule has 0 bridgehead atoms. The molecule has 1 unspecified atom stereocenters. The number of nitrogens with two attached hydrogens (primary N) is 1. The van der Waals surface area contributed by atoms with Crippen LogP contribution in [0, 0.1) is 0 Å². The molecule has 0 heterocycles. The number of amides is 1. The second-order valence-electron chi connectivity index (χ2n) is 4.65. The smallest absolute Gasteiger partial charge is 0.411 e. The van der Waals surface area contributed by atoms with Crippen LogP contribution >= 0.6 is 0 Å². The van der Waals surface area contributed by atoms with Gasteiger partial charge in [-0.2, -0.15) is 0 Å². The Bertz CT molecular complexity index is 476. The topological polar surface area (TPSA) is 90.6 Å². The molecule has 3 N–H and O–H groups in total. The van der Waals surface area contributed by atoms with Crippen molar-refractivity contribution in [1.82, 2.24) is 0 Å². The van der Waals surface area contributed by atoms with E-state index in [1.807, 2.05) is 13.0 Å². The molecule has 0 saturated carbocycles. The Kier molecular flexibility index (Phi) is 7.25. The second kappa shape index (κ2) is 8.97. The van der Waals surface area contributed by atoms with E-state index in [-0.39, 0.29) is 0 Å². The number of unbranched alkanes of at least 4 members (excludes halogenated alkanes) is 1. The molecule has 0 aliphatic carbocycles. The molecule has 1 atom stereocenters. The second-order valence-corrected chi connectivity index (χ2v) is 4.65. The molecule has 0 aromatic heterocycles. The van der Waals surface area contributed by atoms with Crippen molar-refractivity contribution >= 4 is 17.7 Å². The first-order valence-corrected chi connectivity index (χ1v) is 6.93. The molecular weight excluding hydrogens is 272 g/mol. The number of hydrogen-bond acceptors (Lipinski definition) is 5. The summed E-state index contributed by atoms with van der Waals surface area (Å²) >= 11 is 0. The van der Waals surface area contributed by atoms with Crippen molar-refractivity contribution < 1.29 is 19.1 Å². The normalized spacial score (nSPS) is 11.6. The van der Waals surface area contributed by atoms with Crippen LogP contribution in [0.15, 0.2) is 24.3 Å². The number of benzene rings is 1. The van der Waals surface area contributed by atoms with Gasteiger partial charge < -0.3 is 15.2 Å². The Morgan fingerprint density at radius 2 is 2.14 bits per heavy atom. The molecule has 21 heavy (non-hydrogen) atoms. The molecule has 0 aliphatic heterocycles. The third-order valence-corrected chi connectivity index (χ3v) is 2.86. The quantitative estimate of drug-likeness (QED) is 0.593. The highest BCUT2D eigenvalue weighted by Crippen LogP contribution is 2.13. The summed E-state index contributed by atoms with van der Waals surface area (Å²) in [7, 11) is 1.30. The van der Waals surface area contributed by atoms with Crippen LogP contribution < -0.4 is 11.1 Å². The van der Waals surface area contributed by atoms with Gasteiger partial charge in [0.1, 0.15) is 6.04 Å². The number of methoxy groups -OCH3 is 1. The molecule has 6 heteroatoms. The lowest BCUT2D eigenvalue weighted by atomic mass is 10.1. The van der Waals surface area contributed by atoms with Crippen LogP contribution in [0.5, 0.6) is 0 Å². The number of hydrogen-bond donors (Lipinski definition) is 2. The molecule has 116 valence electrons. The van der Waals surface area contributed by atoms with Crippen LogP contribution in [-0.2, 0) is 20.7 Å². The van der Waals surface area contributed by atoms with Gasteiger partial charge in [0, 0.05) is 5.69 Å². The van der Waals surface area contributed by atoms with E-state index >= 15 is 0 Å². The lowest BCUT2D eigenvalue weighted by Gasteiger charge is -2.11. The van der Waals surface area contributed by atoms with E-state index in [0.29, 0.717) is 18.7 Å². The van der Waals surface area contributed by atoms with Crippen molar-refractivity contribution in [3.63, 3.8) is 0 Å². The van der Waals surface area contributed by atoms with Crippen LogP contribution in [0.4, 0.5) is 10.5 Å². The summed E-state index contributed by atoms with van der Waals surface area (Å²) in [6.07, 6.45) is 1.65. The highest BCUT2D eigenvalue weighted by molar-refractivity contribution is 5.84. The third kappa shape index (κ3) is 6.27. The summed E-state index contributed by atoms with van der Waals surface area (Å²) < 4.78 is 9.59. The van der Waals surface area contributed by atoms with Gasteiger partial charge in [0.15, 0.2) is 0 Å². The molecule has 0 radical (unpaired) electrons. The average molecular weight is 294 g/mol. The Morgan fingerprint density at radius 3 is 2.81 bits per heavy atom. The minimum Gasteiger partial charge on any atom is -0.468 e. The largest absolute Gasteiger partial charge is 0.468 e. The van der Waals surface area contributed by atoms with Gasteiger partial charge in [-0.1, -0.05) is 25.5 Å². The van der Waals surface area contributed by atoms with Gasteiger partial charge in [0.2, 0.25) is 0 Å². The molecule has 1 amide bonds. The molecular formula is C15H22N2O4. The number of carbonyl (C=O) groups excluding carboxylic acids is 2. The van der Waals surface area contributed by atoms with E-state index in [2.05, 4.69) is 10.1 Å². The monoisotopic (exact) mass is 294 g/mol. The van der Waals surface area contributed by atoms with Crippen LogP contribution in [0.2, 0.25) is 0 Å². The predicted molar refractivity (Wildman–Crippen MR) is 80.0 cm³/mol. The lowest BCUT2D eigenvalue weighted by molar-refractivity contribution is -0.142. The van der Waals surface area contributed by atoms with E-state index in [0.717, 1.165) is 18.4 Å². The summed E-state index contributed by atoms with van der Waals surface area (Å²) in [5, 5.41) is 2.64. The van der Waals surface area contributed by atoms with Crippen LogP contribution in [0.3, 0.4) is 0 Å². The van der Waals surface area contributed by atoms with E-state index in [4.69, 9.17) is 10.5 Å². The molecule has 1 aromatic carbocycles. The molecule has 0 fully saturated rings. The summed E-state index contributed by atoms with van der Waals surface area (Å²) in [4.78, 5) is 22.8. The van der Waals surface area contributed by atoms with E-state index in [1.54, 1.807) is 18.2 Å². The van der Waals surface area contributed by atoms with E-state index in [1.165, 1.54) is 7.11 Å². The first-order valence-electron chi connectivity index (χ1n) is 6.93. The first kappa shape index (κ1) is 17.0. The highest BCUT2D eigenvalue weighted by Gasteiger charge is 2.14. The summed E-state index contributed by atoms with van der Waals surface area (Å²) in [6, 6.07) is 6.39. The van der Waals surface area contributed by atoms with Crippen molar-refractivity contribution in [2.45, 2.75) is 32.2 Å². The number of nitrogens with one attached hydrogen (secondary N) is 1. The summed E-state index contributed by atoms with van der Waals surface area (Å²) in [5.41, 5.74) is 7.14. The van der Waals surface area contributed by atoms with Gasteiger partial charge in [0.05, 0.1) is 13.7 Å². The minimum absolute atomic E-state index is 0.340. The van der Waals surface area contributed by atoms with Gasteiger partial charge in [-0.05, 0) is 30.5 Å². The number of carbonyl (C=O) groups is 2. The van der Waals surface area contributed by atoms with Gasteiger partial charge in [-0.15, -0.1) is 0 Å². The Balaban J connectivity index is 2.55. The summed E-state index contributed by atoms with van der Waals surface area (Å²) in [6.45, 7) is 2.42. The Morgan fingerprint density at radius 1 is 1.38 bits per heavy atom. The van der Waals surface area contributed by atoms with Gasteiger partial charge in [-0.25, -0.2) is 4.79 Å². The molecule has 1 aromatic rings. The van der Waals surface area contributed by atoms with Crippen LogP contribution in [0.25, 0.3) is 0 Å². The first-order chi connectivity index (χ1) is 10.1. The zero-order chi connectivity index (χ0) is 15.7. The fraction of sp³-hybridized carbons (Fsp3) is 0.467. The van der Waals surface area contributed by atoms with Crippen molar-refractivity contribution in [3.05, 3.63) is 29.8 Å². The summed E-state index contributed by atoms with van der Waals surface area (Å²) in [5.74, 6) is -0.465. The number of ether oxygens (including phenoxy) is 2. The average Bonchev–Trinajstić information content (AvgIpc) is 2.47. The van der Waals surface area contributed by atoms with Crippen molar-refractivity contribution in [2.75, 3.05) is 19.0 Å². The fourth-order valence-electron chi connectivity index (χ4n) is 1.73. The maximum Gasteiger partial charge on any atom is 0.411 e. The van der Waals surface area contributed by atoms with Crippen molar-refractivity contribution in [2.24, 2.45) is 5.73 Å². The fourth-order valence-corrected chi connectivity index (χ4v) is 1.73. The minimum atomic E-state index is -0.721. The Hall–Kier alpha value is -2.08. The maximum absolute atomic E-state index is 11.5. The van der Waals surface area contributed by atoms with Gasteiger partial charge in [-0.3, -0.25) is 10.1 Å². The molecule has 0 saturated heterocycles. The lowest BCUT2D eigenvalue weighted by Crippen LogP contribution is -2.33.